The predicted molar refractivity (Wildman–Crippen MR) is 69.4 cm³/mol. The van der Waals surface area contributed by atoms with E-state index in [0.29, 0.717) is 43.0 Å². The second-order valence-electron chi connectivity index (χ2n) is 4.41. The minimum absolute atomic E-state index is 0.333. The number of methoxy groups -OCH3 is 1. The molecule has 1 heterocycles. The predicted octanol–water partition coefficient (Wildman–Crippen LogP) is 2.20. The van der Waals surface area contributed by atoms with Crippen LogP contribution in [0.3, 0.4) is 0 Å². The van der Waals surface area contributed by atoms with Crippen LogP contribution in [0, 0.1) is 0 Å². The molecule has 0 spiro atoms. The van der Waals surface area contributed by atoms with Gasteiger partial charge in [0.05, 0.1) is 23.2 Å². The summed E-state index contributed by atoms with van der Waals surface area (Å²) in [7, 11) is 1.57. The van der Waals surface area contributed by atoms with E-state index in [9.17, 15) is 13.2 Å². The number of imidazole rings is 1. The molecule has 0 aliphatic rings. The van der Waals surface area contributed by atoms with Gasteiger partial charge in [0.1, 0.15) is 5.82 Å². The first-order valence-electron chi connectivity index (χ1n) is 6.22. The molecule has 0 saturated heterocycles. The number of halogens is 3. The van der Waals surface area contributed by atoms with Gasteiger partial charge in [-0.3, -0.25) is 0 Å². The van der Waals surface area contributed by atoms with Crippen molar-refractivity contribution in [3.63, 3.8) is 0 Å². The number of rotatable bonds is 5. The number of benzene rings is 1. The Bertz CT molecular complexity index is 592. The third kappa shape index (κ3) is 2.94. The molecule has 0 amide bonds. The summed E-state index contributed by atoms with van der Waals surface area (Å²) in [6.07, 6.45) is -3.85. The van der Waals surface area contributed by atoms with Crippen molar-refractivity contribution in [2.75, 3.05) is 20.3 Å². The topological polar surface area (TPSA) is 53.1 Å². The van der Waals surface area contributed by atoms with E-state index in [0.717, 1.165) is 12.1 Å². The minimum atomic E-state index is -4.36. The van der Waals surface area contributed by atoms with Crippen molar-refractivity contribution in [3.05, 3.63) is 29.6 Å². The molecule has 1 aromatic heterocycles. The van der Waals surface area contributed by atoms with Crippen molar-refractivity contribution in [1.29, 1.82) is 0 Å². The fourth-order valence-corrected chi connectivity index (χ4v) is 2.11. The molecule has 20 heavy (non-hydrogen) atoms. The largest absolute Gasteiger partial charge is 0.416 e. The van der Waals surface area contributed by atoms with E-state index in [2.05, 4.69) is 4.98 Å². The first-order chi connectivity index (χ1) is 9.47. The van der Waals surface area contributed by atoms with Crippen molar-refractivity contribution in [3.8, 4) is 0 Å². The first-order valence-corrected chi connectivity index (χ1v) is 6.22. The van der Waals surface area contributed by atoms with E-state index < -0.39 is 11.7 Å². The Morgan fingerprint density at radius 2 is 2.10 bits per heavy atom. The van der Waals surface area contributed by atoms with Crippen LogP contribution in [0.5, 0.6) is 0 Å². The molecule has 0 atom stereocenters. The maximum atomic E-state index is 12.7. The van der Waals surface area contributed by atoms with Crippen LogP contribution in [0.15, 0.2) is 18.2 Å². The van der Waals surface area contributed by atoms with E-state index in [1.165, 1.54) is 6.07 Å². The van der Waals surface area contributed by atoms with Gasteiger partial charge < -0.3 is 15.0 Å². The zero-order chi connectivity index (χ0) is 14.8. The highest BCUT2D eigenvalue weighted by atomic mass is 19.4. The van der Waals surface area contributed by atoms with Crippen LogP contribution in [0.25, 0.3) is 11.0 Å². The molecule has 0 aliphatic heterocycles. The highest BCUT2D eigenvalue weighted by molar-refractivity contribution is 5.77. The summed E-state index contributed by atoms with van der Waals surface area (Å²) in [5.41, 5.74) is 5.82. The quantitative estimate of drug-likeness (QED) is 0.917. The smallest absolute Gasteiger partial charge is 0.383 e. The number of fused-ring (bicyclic) bond motifs is 1. The first kappa shape index (κ1) is 14.8. The second kappa shape index (κ2) is 5.80. The van der Waals surface area contributed by atoms with Gasteiger partial charge in [-0.25, -0.2) is 4.98 Å². The summed E-state index contributed by atoms with van der Waals surface area (Å²) >= 11 is 0. The Hall–Kier alpha value is -1.60. The summed E-state index contributed by atoms with van der Waals surface area (Å²) in [6.45, 7) is 1.39. The summed E-state index contributed by atoms with van der Waals surface area (Å²) in [5.74, 6) is 0.680. The molecule has 0 unspecified atom stereocenters. The van der Waals surface area contributed by atoms with Crippen molar-refractivity contribution in [2.24, 2.45) is 5.73 Å². The number of nitrogens with zero attached hydrogens (tertiary/aromatic N) is 2. The SMILES string of the molecule is COCCn1c(CCN)nc2cc(C(F)(F)F)ccc21. The fourth-order valence-electron chi connectivity index (χ4n) is 2.11. The fraction of sp³-hybridized carbons (Fsp3) is 0.462. The molecule has 0 fully saturated rings. The van der Waals surface area contributed by atoms with Crippen molar-refractivity contribution < 1.29 is 17.9 Å². The van der Waals surface area contributed by atoms with Crippen LogP contribution in [0.4, 0.5) is 13.2 Å². The van der Waals surface area contributed by atoms with Gasteiger partial charge in [-0.1, -0.05) is 0 Å². The molecule has 2 N–H and O–H groups in total. The maximum absolute atomic E-state index is 12.7. The van der Waals surface area contributed by atoms with Crippen LogP contribution in [0.1, 0.15) is 11.4 Å². The molecule has 0 bridgehead atoms. The number of ether oxygens (including phenoxy) is 1. The molecular weight excluding hydrogens is 271 g/mol. The van der Waals surface area contributed by atoms with Crippen LogP contribution in [-0.2, 0) is 23.9 Å². The third-order valence-corrected chi connectivity index (χ3v) is 3.04. The van der Waals surface area contributed by atoms with Crippen molar-refractivity contribution in [1.82, 2.24) is 9.55 Å². The summed E-state index contributed by atoms with van der Waals surface area (Å²) < 4.78 is 45.0. The Morgan fingerprint density at radius 1 is 1.35 bits per heavy atom. The van der Waals surface area contributed by atoms with E-state index in [1.807, 2.05) is 4.57 Å². The molecule has 0 aliphatic carbocycles. The average molecular weight is 287 g/mol. The summed E-state index contributed by atoms with van der Waals surface area (Å²) in [5, 5.41) is 0. The van der Waals surface area contributed by atoms with Gasteiger partial charge in [-0.15, -0.1) is 0 Å². The van der Waals surface area contributed by atoms with Gasteiger partial charge in [0.15, 0.2) is 0 Å². The highest BCUT2D eigenvalue weighted by Gasteiger charge is 2.31. The molecular formula is C13H16F3N3O. The lowest BCUT2D eigenvalue weighted by molar-refractivity contribution is -0.137. The minimum Gasteiger partial charge on any atom is -0.383 e. The lowest BCUT2D eigenvalue weighted by Crippen LogP contribution is -2.12. The molecule has 1 aromatic carbocycles. The van der Waals surface area contributed by atoms with Gasteiger partial charge >= 0.3 is 6.18 Å². The van der Waals surface area contributed by atoms with Gasteiger partial charge in [-0.2, -0.15) is 13.2 Å². The van der Waals surface area contributed by atoms with Crippen LogP contribution in [0.2, 0.25) is 0 Å². The molecule has 7 heteroatoms. The number of hydrogen-bond acceptors (Lipinski definition) is 3. The Morgan fingerprint density at radius 3 is 2.70 bits per heavy atom. The van der Waals surface area contributed by atoms with Gasteiger partial charge in [0.2, 0.25) is 0 Å². The molecule has 2 rings (SSSR count). The van der Waals surface area contributed by atoms with Crippen molar-refractivity contribution in [2.45, 2.75) is 19.1 Å². The number of alkyl halides is 3. The zero-order valence-corrected chi connectivity index (χ0v) is 11.1. The van der Waals surface area contributed by atoms with E-state index in [-0.39, 0.29) is 0 Å². The Kier molecular flexibility index (Phi) is 4.29. The van der Waals surface area contributed by atoms with Crippen LogP contribution in [-0.4, -0.2) is 29.8 Å². The number of aromatic nitrogens is 2. The van der Waals surface area contributed by atoms with Crippen LogP contribution < -0.4 is 5.73 Å². The van der Waals surface area contributed by atoms with Gasteiger partial charge in [0.25, 0.3) is 0 Å². The number of hydrogen-bond donors (Lipinski definition) is 1. The average Bonchev–Trinajstić information content (AvgIpc) is 2.72. The third-order valence-electron chi connectivity index (χ3n) is 3.04. The zero-order valence-electron chi connectivity index (χ0n) is 11.1. The van der Waals surface area contributed by atoms with E-state index in [4.69, 9.17) is 10.5 Å². The lowest BCUT2D eigenvalue weighted by atomic mass is 10.2. The molecule has 0 radical (unpaired) electrons. The normalized spacial score (nSPS) is 12.2. The van der Waals surface area contributed by atoms with Gasteiger partial charge in [0, 0.05) is 20.1 Å². The van der Waals surface area contributed by atoms with Crippen molar-refractivity contribution >= 4 is 11.0 Å². The second-order valence-corrected chi connectivity index (χ2v) is 4.41. The standard InChI is InChI=1S/C13H16F3N3O/c1-20-7-6-19-11-3-2-9(13(14,15)16)8-10(11)18-12(19)4-5-17/h2-3,8H,4-7,17H2,1H3. The molecule has 2 aromatic rings. The Labute approximate surface area is 114 Å². The highest BCUT2D eigenvalue weighted by Crippen LogP contribution is 2.31. The molecule has 4 nitrogen and oxygen atoms in total. The Balaban J connectivity index is 2.49. The monoisotopic (exact) mass is 287 g/mol. The van der Waals surface area contributed by atoms with Crippen LogP contribution >= 0.6 is 0 Å². The summed E-state index contributed by atoms with van der Waals surface area (Å²) in [6, 6.07) is 3.58. The number of nitrogens with two attached hydrogens (primary N) is 1. The molecule has 110 valence electrons. The maximum Gasteiger partial charge on any atom is 0.416 e. The van der Waals surface area contributed by atoms with Gasteiger partial charge in [-0.05, 0) is 24.7 Å². The van der Waals surface area contributed by atoms with E-state index >= 15 is 0 Å². The molecule has 0 saturated carbocycles. The summed E-state index contributed by atoms with van der Waals surface area (Å²) in [4.78, 5) is 4.26. The van der Waals surface area contributed by atoms with E-state index in [1.54, 1.807) is 7.11 Å². The lowest BCUT2D eigenvalue weighted by Gasteiger charge is -2.09.